The predicted octanol–water partition coefficient (Wildman–Crippen LogP) is 3.31. The summed E-state index contributed by atoms with van der Waals surface area (Å²) in [4.78, 5) is 25.8. The number of amides is 1. The highest BCUT2D eigenvalue weighted by Crippen LogP contribution is 2.47. The Morgan fingerprint density at radius 2 is 2.06 bits per heavy atom. The summed E-state index contributed by atoms with van der Waals surface area (Å²) in [7, 11) is 1.60. The van der Waals surface area contributed by atoms with E-state index in [0.717, 1.165) is 38.9 Å². The summed E-state index contributed by atoms with van der Waals surface area (Å²) in [6.45, 7) is 4.43. The number of nitrogens with one attached hydrogen (secondary N) is 1. The lowest BCUT2D eigenvalue weighted by atomic mass is 9.91. The average molecular weight is 508 g/mol. The number of allylic oxidation sites excluding steroid dienone is 2. The molecular weight excluding hydrogens is 472 g/mol. The molecule has 4 aliphatic rings. The fraction of sp³-hybridized carbons (Fsp3) is 0.720. The van der Waals surface area contributed by atoms with E-state index in [1.807, 2.05) is 0 Å². The summed E-state index contributed by atoms with van der Waals surface area (Å²) in [5.41, 5.74) is 2.91. The molecule has 0 bridgehead atoms. The van der Waals surface area contributed by atoms with Gasteiger partial charge in [0.25, 0.3) is 0 Å². The van der Waals surface area contributed by atoms with E-state index in [4.69, 9.17) is 14.1 Å². The fourth-order valence-electron chi connectivity index (χ4n) is 5.46. The van der Waals surface area contributed by atoms with Crippen molar-refractivity contribution in [2.45, 2.75) is 45.1 Å². The van der Waals surface area contributed by atoms with Gasteiger partial charge in [-0.15, -0.1) is 0 Å². The van der Waals surface area contributed by atoms with Crippen LogP contribution in [0.1, 0.15) is 44.3 Å². The monoisotopic (exact) mass is 507 g/mol. The van der Waals surface area contributed by atoms with Crippen LogP contribution in [0.15, 0.2) is 27.8 Å². The number of carbonyl (C=O) groups is 1. The quantitative estimate of drug-likeness (QED) is 0.360. The van der Waals surface area contributed by atoms with Crippen LogP contribution in [0.3, 0.4) is 0 Å². The molecule has 2 aliphatic heterocycles. The molecule has 1 amide bonds. The molecular formula is C25H35F2N5O4. The third-order valence-corrected chi connectivity index (χ3v) is 7.84. The number of methoxy groups -OCH3 is 1. The van der Waals surface area contributed by atoms with Crippen LogP contribution in [0.25, 0.3) is 0 Å². The third kappa shape index (κ3) is 5.95. The van der Waals surface area contributed by atoms with Gasteiger partial charge in [0.05, 0.1) is 13.0 Å². The van der Waals surface area contributed by atoms with Gasteiger partial charge in [-0.3, -0.25) is 4.79 Å². The fourth-order valence-corrected chi connectivity index (χ4v) is 5.46. The number of ether oxygens (including phenoxy) is 1. The lowest BCUT2D eigenvalue weighted by Crippen LogP contribution is -2.42. The van der Waals surface area contributed by atoms with Gasteiger partial charge in [0.2, 0.25) is 5.91 Å². The molecule has 11 heteroatoms. The number of anilines is 1. The van der Waals surface area contributed by atoms with Gasteiger partial charge in [0.15, 0.2) is 5.82 Å². The number of rotatable bonds is 11. The van der Waals surface area contributed by atoms with Crippen molar-refractivity contribution in [2.24, 2.45) is 23.7 Å². The van der Waals surface area contributed by atoms with Gasteiger partial charge in [0, 0.05) is 57.7 Å². The number of aromatic nitrogens is 2. The molecule has 2 aliphatic carbocycles. The van der Waals surface area contributed by atoms with Crippen molar-refractivity contribution in [1.29, 1.82) is 0 Å². The Labute approximate surface area is 209 Å². The third-order valence-electron chi connectivity index (χ3n) is 7.84. The molecule has 1 aromatic rings. The van der Waals surface area contributed by atoms with Crippen LogP contribution in [0.2, 0.25) is 0 Å². The smallest absolute Gasteiger partial charge is 0.324 e. The summed E-state index contributed by atoms with van der Waals surface area (Å²) >= 11 is 0. The minimum Gasteiger partial charge on any atom is -0.377 e. The topological polar surface area (TPSA) is 93.0 Å². The van der Waals surface area contributed by atoms with Crippen molar-refractivity contribution in [2.75, 3.05) is 51.3 Å². The molecule has 9 nitrogen and oxygen atoms in total. The van der Waals surface area contributed by atoms with E-state index in [1.54, 1.807) is 12.0 Å². The molecule has 1 aromatic heterocycles. The second-order valence-electron chi connectivity index (χ2n) is 10.3. The molecule has 198 valence electrons. The van der Waals surface area contributed by atoms with Gasteiger partial charge < -0.3 is 23.9 Å². The summed E-state index contributed by atoms with van der Waals surface area (Å²) in [5, 5.41) is 3.93. The zero-order chi connectivity index (χ0) is 25.1. The van der Waals surface area contributed by atoms with Crippen LogP contribution in [0.4, 0.5) is 14.8 Å². The summed E-state index contributed by atoms with van der Waals surface area (Å²) in [5.74, 6) is 0.705. The number of hydrogen-bond acceptors (Lipinski definition) is 8. The van der Waals surface area contributed by atoms with E-state index < -0.39 is 11.7 Å². The molecule has 1 unspecified atom stereocenters. The number of nitrogens with zero attached hydrogens (tertiary/aromatic N) is 4. The summed E-state index contributed by atoms with van der Waals surface area (Å²) < 4.78 is 39.3. The van der Waals surface area contributed by atoms with Crippen molar-refractivity contribution in [1.82, 2.24) is 20.5 Å². The molecule has 3 heterocycles. The zero-order valence-corrected chi connectivity index (χ0v) is 20.8. The Kier molecular flexibility index (Phi) is 7.97. The predicted molar refractivity (Wildman–Crippen MR) is 127 cm³/mol. The molecule has 5 rings (SSSR count). The largest absolute Gasteiger partial charge is 0.377 e. The minimum atomic E-state index is -0.634. The Bertz CT molecular complexity index is 987. The van der Waals surface area contributed by atoms with Crippen molar-refractivity contribution >= 4 is 11.9 Å². The van der Waals surface area contributed by atoms with Crippen LogP contribution in [0.5, 0.6) is 0 Å². The van der Waals surface area contributed by atoms with E-state index in [2.05, 4.69) is 20.5 Å². The van der Waals surface area contributed by atoms with Crippen molar-refractivity contribution in [3.05, 3.63) is 29.1 Å². The Morgan fingerprint density at radius 1 is 1.25 bits per heavy atom. The van der Waals surface area contributed by atoms with Crippen molar-refractivity contribution < 1.29 is 27.7 Å². The van der Waals surface area contributed by atoms with Crippen molar-refractivity contribution in [3.8, 4) is 0 Å². The first-order valence-electron chi connectivity index (χ1n) is 13.0. The first-order chi connectivity index (χ1) is 17.5. The van der Waals surface area contributed by atoms with Gasteiger partial charge in [-0.25, -0.2) is 14.3 Å². The minimum absolute atomic E-state index is 0.0648. The number of hydrogen-bond donors (Lipinski definition) is 1. The molecule has 1 saturated carbocycles. The summed E-state index contributed by atoms with van der Waals surface area (Å²) in [6, 6.07) is 0.567. The Morgan fingerprint density at radius 3 is 2.75 bits per heavy atom. The number of piperidine rings is 1. The van der Waals surface area contributed by atoms with Gasteiger partial charge >= 0.3 is 6.01 Å². The number of likely N-dealkylation sites (tertiary alicyclic amines) is 1. The van der Waals surface area contributed by atoms with Crippen LogP contribution in [-0.4, -0.2) is 67.4 Å². The molecule has 0 radical (unpaired) electrons. The Hall–Kier alpha value is -2.37. The maximum absolute atomic E-state index is 14.5. The zero-order valence-electron chi connectivity index (χ0n) is 20.8. The molecule has 1 N–H and O–H groups in total. The lowest BCUT2D eigenvalue weighted by Gasteiger charge is -2.31. The number of carbonyl (C=O) groups excluding carboxylic acids is 1. The summed E-state index contributed by atoms with van der Waals surface area (Å²) in [6.07, 6.45) is 5.55. The van der Waals surface area contributed by atoms with Crippen molar-refractivity contribution in [3.63, 3.8) is 0 Å². The van der Waals surface area contributed by atoms with Gasteiger partial charge in [-0.2, -0.15) is 4.98 Å². The first-order valence-corrected chi connectivity index (χ1v) is 13.0. The van der Waals surface area contributed by atoms with Crippen LogP contribution < -0.4 is 10.4 Å². The van der Waals surface area contributed by atoms with Crippen LogP contribution >= 0.6 is 0 Å². The average Bonchev–Trinajstić information content (AvgIpc) is 3.45. The van der Waals surface area contributed by atoms with Gasteiger partial charge in [-0.1, -0.05) is 5.16 Å². The van der Waals surface area contributed by atoms with E-state index in [-0.39, 0.29) is 36.8 Å². The molecule has 0 spiro atoms. The normalized spacial score (nSPS) is 26.8. The number of hydroxylamine groups is 1. The first kappa shape index (κ1) is 25.3. The van der Waals surface area contributed by atoms with E-state index >= 15 is 0 Å². The molecule has 2 saturated heterocycles. The maximum atomic E-state index is 14.5. The maximum Gasteiger partial charge on any atom is 0.324 e. The second kappa shape index (κ2) is 11.4. The highest BCUT2D eigenvalue weighted by Gasteiger charge is 2.43. The lowest BCUT2D eigenvalue weighted by molar-refractivity contribution is -0.133. The van der Waals surface area contributed by atoms with Crippen LogP contribution in [0, 0.1) is 23.7 Å². The number of halogens is 2. The molecule has 36 heavy (non-hydrogen) atoms. The van der Waals surface area contributed by atoms with E-state index in [0.29, 0.717) is 49.3 Å². The van der Waals surface area contributed by atoms with Gasteiger partial charge in [-0.05, 0) is 49.5 Å². The standard InChI is InChI=1S/C25H35F2N5O4/c1-34-15-23-29-25(36-30-23)32-7-3-17(4-8-32)19-11-18(19)13-28-35-14-16-9-21(26)20(22(27)10-16)12-24(33)31-5-2-6-31/h9,16-19,28H,2-8,10-15H2,1H3/t16?,18-,19+/m0/s1. The Balaban J connectivity index is 0.973. The van der Waals surface area contributed by atoms with E-state index in [9.17, 15) is 13.6 Å². The van der Waals surface area contributed by atoms with Gasteiger partial charge in [0.1, 0.15) is 18.3 Å². The molecule has 3 fully saturated rings. The molecule has 0 aromatic carbocycles. The molecule has 3 atom stereocenters. The van der Waals surface area contributed by atoms with Crippen LogP contribution in [-0.2, 0) is 21.0 Å². The van der Waals surface area contributed by atoms with E-state index in [1.165, 1.54) is 12.5 Å². The highest BCUT2D eigenvalue weighted by atomic mass is 19.1. The highest BCUT2D eigenvalue weighted by molar-refractivity contribution is 5.80. The SMILES string of the molecule is COCc1noc(N2CCC([C@H]3C[C@H]3CNOCC3C=C(F)C(CC(=O)N4CCC4)=C(F)C3)CC2)n1. The second-order valence-corrected chi connectivity index (χ2v) is 10.3.